The van der Waals surface area contributed by atoms with E-state index < -0.39 is 5.97 Å². The number of ether oxygens (including phenoxy) is 1. The molecule has 6 heteroatoms. The number of nitrogens with two attached hydrogens (primary N) is 1. The van der Waals surface area contributed by atoms with E-state index in [4.69, 9.17) is 10.5 Å². The summed E-state index contributed by atoms with van der Waals surface area (Å²) < 4.78 is 4.84. The molecule has 17 heavy (non-hydrogen) atoms. The highest BCUT2D eigenvalue weighted by atomic mass is 35.5. The van der Waals surface area contributed by atoms with Crippen LogP contribution in [0.5, 0.6) is 0 Å². The molecular formula is C11H16ClN3O2. The maximum absolute atomic E-state index is 11.4. The Kier molecular flexibility index (Phi) is 4.42. The first-order chi connectivity index (χ1) is 7.65. The van der Waals surface area contributed by atoms with Crippen molar-refractivity contribution in [1.82, 2.24) is 9.97 Å². The zero-order chi connectivity index (χ0) is 11.6. The molecule has 1 aromatic rings. The fraction of sp³-hybridized carbons (Fsp3) is 0.545. The third-order valence-corrected chi connectivity index (χ3v) is 2.85. The van der Waals surface area contributed by atoms with Gasteiger partial charge < -0.3 is 10.5 Å². The average Bonchev–Trinajstić information content (AvgIpc) is 2.26. The van der Waals surface area contributed by atoms with Crippen molar-refractivity contribution < 1.29 is 9.53 Å². The standard InChI is InChI=1S/C11H15N3O2.ClH/c1-2-16-9(15)8-6-13-10(14-7-8)11(12)4-3-5-11;/h6-7H,2-5,12H2,1H3;1H. The number of hydrogen-bond acceptors (Lipinski definition) is 5. The van der Waals surface area contributed by atoms with Crippen LogP contribution in [-0.4, -0.2) is 22.5 Å². The minimum atomic E-state index is -0.395. The van der Waals surface area contributed by atoms with Gasteiger partial charge in [0.1, 0.15) is 5.82 Å². The van der Waals surface area contributed by atoms with Crippen molar-refractivity contribution in [2.45, 2.75) is 31.7 Å². The maximum Gasteiger partial charge on any atom is 0.341 e. The first-order valence-electron chi connectivity index (χ1n) is 5.44. The molecule has 1 fully saturated rings. The number of aromatic nitrogens is 2. The van der Waals surface area contributed by atoms with Gasteiger partial charge in [-0.25, -0.2) is 14.8 Å². The molecule has 0 aliphatic heterocycles. The van der Waals surface area contributed by atoms with Crippen LogP contribution < -0.4 is 5.73 Å². The number of esters is 1. The Morgan fingerprint density at radius 2 is 2.06 bits per heavy atom. The van der Waals surface area contributed by atoms with Crippen LogP contribution in [0, 0.1) is 0 Å². The summed E-state index contributed by atoms with van der Waals surface area (Å²) in [4.78, 5) is 19.6. The van der Waals surface area contributed by atoms with Crippen molar-refractivity contribution in [2.24, 2.45) is 5.73 Å². The summed E-state index contributed by atoms with van der Waals surface area (Å²) >= 11 is 0. The van der Waals surface area contributed by atoms with E-state index in [9.17, 15) is 4.79 Å². The molecule has 1 aromatic heterocycles. The summed E-state index contributed by atoms with van der Waals surface area (Å²) in [5, 5.41) is 0. The quantitative estimate of drug-likeness (QED) is 0.829. The topological polar surface area (TPSA) is 78.1 Å². The van der Waals surface area contributed by atoms with Gasteiger partial charge in [0, 0.05) is 12.4 Å². The molecule has 0 radical (unpaired) electrons. The summed E-state index contributed by atoms with van der Waals surface area (Å²) in [5.41, 5.74) is 6.06. The second kappa shape index (κ2) is 5.42. The van der Waals surface area contributed by atoms with Crippen molar-refractivity contribution in [2.75, 3.05) is 6.61 Å². The van der Waals surface area contributed by atoms with Crippen LogP contribution >= 0.6 is 12.4 Å². The highest BCUT2D eigenvalue weighted by Gasteiger charge is 2.37. The van der Waals surface area contributed by atoms with Crippen LogP contribution in [0.4, 0.5) is 0 Å². The number of carbonyl (C=O) groups is 1. The number of rotatable bonds is 3. The summed E-state index contributed by atoms with van der Waals surface area (Å²) in [7, 11) is 0. The van der Waals surface area contributed by atoms with Crippen LogP contribution in [-0.2, 0) is 10.3 Å². The minimum Gasteiger partial charge on any atom is -0.462 e. The molecule has 1 saturated carbocycles. The van der Waals surface area contributed by atoms with Gasteiger partial charge in [-0.05, 0) is 26.2 Å². The maximum atomic E-state index is 11.4. The largest absolute Gasteiger partial charge is 0.462 e. The molecule has 1 heterocycles. The Bertz CT molecular complexity index is 390. The highest BCUT2D eigenvalue weighted by molar-refractivity contribution is 5.88. The van der Waals surface area contributed by atoms with Crippen molar-refractivity contribution in [3.8, 4) is 0 Å². The van der Waals surface area contributed by atoms with Gasteiger partial charge in [0.25, 0.3) is 0 Å². The van der Waals surface area contributed by atoms with E-state index in [0.29, 0.717) is 18.0 Å². The van der Waals surface area contributed by atoms with Gasteiger partial charge in [0.05, 0.1) is 17.7 Å². The molecule has 0 amide bonds. The van der Waals surface area contributed by atoms with Crippen molar-refractivity contribution in [3.05, 3.63) is 23.8 Å². The highest BCUT2D eigenvalue weighted by Crippen LogP contribution is 2.36. The molecule has 0 aromatic carbocycles. The zero-order valence-electron chi connectivity index (χ0n) is 9.68. The summed E-state index contributed by atoms with van der Waals surface area (Å²) in [6.07, 6.45) is 5.89. The Labute approximate surface area is 106 Å². The molecule has 1 aliphatic carbocycles. The summed E-state index contributed by atoms with van der Waals surface area (Å²) in [6.45, 7) is 2.11. The molecule has 0 saturated heterocycles. The van der Waals surface area contributed by atoms with Crippen molar-refractivity contribution in [1.29, 1.82) is 0 Å². The predicted molar refractivity (Wildman–Crippen MR) is 65.0 cm³/mol. The van der Waals surface area contributed by atoms with Gasteiger partial charge in [0.15, 0.2) is 0 Å². The molecule has 2 N–H and O–H groups in total. The second-order valence-electron chi connectivity index (χ2n) is 4.03. The van der Waals surface area contributed by atoms with E-state index in [2.05, 4.69) is 9.97 Å². The minimum absolute atomic E-state index is 0. The monoisotopic (exact) mass is 257 g/mol. The Hall–Kier alpha value is -1.20. The first kappa shape index (κ1) is 13.9. The van der Waals surface area contributed by atoms with Crippen LogP contribution in [0.15, 0.2) is 12.4 Å². The molecule has 94 valence electrons. The van der Waals surface area contributed by atoms with E-state index in [0.717, 1.165) is 19.3 Å². The van der Waals surface area contributed by atoms with Crippen molar-refractivity contribution in [3.63, 3.8) is 0 Å². The van der Waals surface area contributed by atoms with Gasteiger partial charge in [-0.15, -0.1) is 12.4 Å². The van der Waals surface area contributed by atoms with Gasteiger partial charge in [-0.3, -0.25) is 0 Å². The van der Waals surface area contributed by atoms with E-state index in [-0.39, 0.29) is 17.9 Å². The average molecular weight is 258 g/mol. The molecule has 1 aliphatic rings. The van der Waals surface area contributed by atoms with E-state index in [1.54, 1.807) is 6.92 Å². The van der Waals surface area contributed by atoms with Crippen LogP contribution in [0.2, 0.25) is 0 Å². The van der Waals surface area contributed by atoms with Crippen LogP contribution in [0.1, 0.15) is 42.4 Å². The Balaban J connectivity index is 0.00000144. The number of halogens is 1. The summed E-state index contributed by atoms with van der Waals surface area (Å²) in [6, 6.07) is 0. The normalized spacial score (nSPS) is 16.6. The van der Waals surface area contributed by atoms with Crippen LogP contribution in [0.25, 0.3) is 0 Å². The lowest BCUT2D eigenvalue weighted by molar-refractivity contribution is 0.0525. The van der Waals surface area contributed by atoms with E-state index >= 15 is 0 Å². The Morgan fingerprint density at radius 3 is 2.47 bits per heavy atom. The molecule has 0 unspecified atom stereocenters. The van der Waals surface area contributed by atoms with Gasteiger partial charge in [-0.2, -0.15) is 0 Å². The zero-order valence-corrected chi connectivity index (χ0v) is 10.5. The SMILES string of the molecule is CCOC(=O)c1cnc(C2(N)CCC2)nc1.Cl. The molecular weight excluding hydrogens is 242 g/mol. The summed E-state index contributed by atoms with van der Waals surface area (Å²) in [5.74, 6) is 0.223. The third kappa shape index (κ3) is 2.73. The Morgan fingerprint density at radius 1 is 1.47 bits per heavy atom. The molecule has 5 nitrogen and oxygen atoms in total. The fourth-order valence-corrected chi connectivity index (χ4v) is 1.69. The number of hydrogen-bond donors (Lipinski definition) is 1. The number of nitrogens with zero attached hydrogens (tertiary/aromatic N) is 2. The molecule has 2 rings (SSSR count). The van der Waals surface area contributed by atoms with E-state index in [1.807, 2.05) is 0 Å². The molecule has 0 spiro atoms. The fourth-order valence-electron chi connectivity index (χ4n) is 1.69. The van der Waals surface area contributed by atoms with Crippen LogP contribution in [0.3, 0.4) is 0 Å². The molecule has 0 atom stereocenters. The lowest BCUT2D eigenvalue weighted by Crippen LogP contribution is -2.44. The lowest BCUT2D eigenvalue weighted by atomic mass is 9.77. The smallest absolute Gasteiger partial charge is 0.341 e. The van der Waals surface area contributed by atoms with E-state index in [1.165, 1.54) is 12.4 Å². The van der Waals surface area contributed by atoms with Gasteiger partial charge in [0.2, 0.25) is 0 Å². The predicted octanol–water partition coefficient (Wildman–Crippen LogP) is 1.41. The van der Waals surface area contributed by atoms with Gasteiger partial charge in [-0.1, -0.05) is 0 Å². The number of carbonyl (C=O) groups excluding carboxylic acids is 1. The van der Waals surface area contributed by atoms with Crippen molar-refractivity contribution >= 4 is 18.4 Å². The third-order valence-electron chi connectivity index (χ3n) is 2.85. The lowest BCUT2D eigenvalue weighted by Gasteiger charge is -2.36. The van der Waals surface area contributed by atoms with Gasteiger partial charge >= 0.3 is 5.97 Å². The second-order valence-corrected chi connectivity index (χ2v) is 4.03. The first-order valence-corrected chi connectivity index (χ1v) is 5.44. The molecule has 0 bridgehead atoms.